The molecule has 1 heterocycles. The molecule has 0 unspecified atom stereocenters. The summed E-state index contributed by atoms with van der Waals surface area (Å²) in [6.07, 6.45) is -4.68. The number of hydrogen-bond acceptors (Lipinski definition) is 3. The normalized spacial score (nSPS) is 11.5. The lowest BCUT2D eigenvalue weighted by Gasteiger charge is -2.07. The number of aromatic nitrogens is 2. The van der Waals surface area contributed by atoms with Crippen LogP contribution >= 0.6 is 0 Å². The van der Waals surface area contributed by atoms with Crippen molar-refractivity contribution in [2.24, 2.45) is 0 Å². The van der Waals surface area contributed by atoms with E-state index in [-0.39, 0.29) is 11.3 Å². The van der Waals surface area contributed by atoms with Crippen molar-refractivity contribution in [1.29, 1.82) is 0 Å². The third-order valence-corrected chi connectivity index (χ3v) is 2.37. The highest BCUT2D eigenvalue weighted by atomic mass is 19.4. The zero-order chi connectivity index (χ0) is 14.2. The molecule has 0 aliphatic carbocycles. The SMILES string of the molecule is O=C([O-])c1cccc(-n2[nH]c(C(F)(F)F)cc2=O)c1. The molecule has 8 heteroatoms. The number of alkyl halides is 3. The maximum absolute atomic E-state index is 12.4. The molecule has 0 aliphatic heterocycles. The van der Waals surface area contributed by atoms with Crippen LogP contribution in [0.1, 0.15) is 16.1 Å². The summed E-state index contributed by atoms with van der Waals surface area (Å²) in [4.78, 5) is 22.1. The lowest BCUT2D eigenvalue weighted by Crippen LogP contribution is -2.23. The molecular weight excluding hydrogens is 265 g/mol. The van der Waals surface area contributed by atoms with E-state index in [9.17, 15) is 27.9 Å². The number of benzene rings is 1. The van der Waals surface area contributed by atoms with Crippen LogP contribution < -0.4 is 10.7 Å². The van der Waals surface area contributed by atoms with Crippen molar-refractivity contribution in [2.45, 2.75) is 6.18 Å². The van der Waals surface area contributed by atoms with Gasteiger partial charge in [-0.15, -0.1) is 0 Å². The molecule has 0 radical (unpaired) electrons. The van der Waals surface area contributed by atoms with E-state index in [1.165, 1.54) is 18.2 Å². The fourth-order valence-corrected chi connectivity index (χ4v) is 1.50. The van der Waals surface area contributed by atoms with Gasteiger partial charge in [-0.3, -0.25) is 9.89 Å². The highest BCUT2D eigenvalue weighted by Gasteiger charge is 2.33. The minimum absolute atomic E-state index is 0.0257. The maximum atomic E-state index is 12.4. The number of carbonyl (C=O) groups is 1. The Kier molecular flexibility index (Phi) is 2.93. The van der Waals surface area contributed by atoms with Crippen LogP contribution in [0.15, 0.2) is 35.1 Å². The van der Waals surface area contributed by atoms with E-state index in [0.717, 1.165) is 6.07 Å². The number of carboxylic acid groups (broad SMARTS) is 1. The Hall–Kier alpha value is -2.51. The van der Waals surface area contributed by atoms with Gasteiger partial charge in [-0.25, -0.2) is 4.68 Å². The van der Waals surface area contributed by atoms with Crippen LogP contribution in [0, 0.1) is 0 Å². The van der Waals surface area contributed by atoms with E-state index in [4.69, 9.17) is 0 Å². The summed E-state index contributed by atoms with van der Waals surface area (Å²) in [6.45, 7) is 0. The summed E-state index contributed by atoms with van der Waals surface area (Å²) in [6, 6.07) is 5.22. The Morgan fingerprint density at radius 2 is 1.95 bits per heavy atom. The van der Waals surface area contributed by atoms with Crippen molar-refractivity contribution >= 4 is 5.97 Å². The Morgan fingerprint density at radius 3 is 2.47 bits per heavy atom. The highest BCUT2D eigenvalue weighted by Crippen LogP contribution is 2.26. The molecular formula is C11H6F3N2O3-. The summed E-state index contributed by atoms with van der Waals surface area (Å²) in [5, 5.41) is 12.5. The smallest absolute Gasteiger partial charge is 0.432 e. The van der Waals surface area contributed by atoms with Gasteiger partial charge in [-0.05, 0) is 17.7 Å². The van der Waals surface area contributed by atoms with Crippen molar-refractivity contribution in [3.63, 3.8) is 0 Å². The molecule has 5 nitrogen and oxygen atoms in total. The third kappa shape index (κ3) is 2.51. The van der Waals surface area contributed by atoms with Gasteiger partial charge < -0.3 is 9.90 Å². The molecule has 0 saturated heterocycles. The fourth-order valence-electron chi connectivity index (χ4n) is 1.50. The number of aromatic carboxylic acids is 1. The van der Waals surface area contributed by atoms with Crippen LogP contribution in [0.4, 0.5) is 13.2 Å². The average molecular weight is 271 g/mol. The molecule has 0 aliphatic rings. The summed E-state index contributed by atoms with van der Waals surface area (Å²) in [5.41, 5.74) is -2.42. The molecule has 1 N–H and O–H groups in total. The van der Waals surface area contributed by atoms with Crippen molar-refractivity contribution in [3.05, 3.63) is 51.9 Å². The summed E-state index contributed by atoms with van der Waals surface area (Å²) >= 11 is 0. The number of hydrogen-bond donors (Lipinski definition) is 1. The highest BCUT2D eigenvalue weighted by molar-refractivity contribution is 5.86. The van der Waals surface area contributed by atoms with Gasteiger partial charge in [-0.2, -0.15) is 13.2 Å². The minimum atomic E-state index is -4.68. The standard InChI is InChI=1S/C11H7F3N2O3/c12-11(13,14)8-5-9(17)16(15-8)7-3-1-2-6(4-7)10(18)19/h1-5,15H,(H,18,19)/p-1. The molecule has 0 bridgehead atoms. The van der Waals surface area contributed by atoms with Gasteiger partial charge >= 0.3 is 6.18 Å². The second-order valence-corrected chi connectivity index (χ2v) is 3.68. The summed E-state index contributed by atoms with van der Waals surface area (Å²) in [7, 11) is 0. The second kappa shape index (κ2) is 4.30. The second-order valence-electron chi connectivity index (χ2n) is 3.68. The van der Waals surface area contributed by atoms with Gasteiger partial charge in [0.15, 0.2) is 0 Å². The van der Waals surface area contributed by atoms with E-state index >= 15 is 0 Å². The Bertz CT molecular complexity index is 685. The Morgan fingerprint density at radius 1 is 1.26 bits per heavy atom. The number of rotatable bonds is 2. The quantitative estimate of drug-likeness (QED) is 0.866. The lowest BCUT2D eigenvalue weighted by atomic mass is 10.2. The van der Waals surface area contributed by atoms with Gasteiger partial charge in [0, 0.05) is 6.07 Å². The molecule has 0 saturated carbocycles. The van der Waals surface area contributed by atoms with Crippen LogP contribution in [0.25, 0.3) is 5.69 Å². The number of carboxylic acids is 1. The fraction of sp³-hybridized carbons (Fsp3) is 0.0909. The van der Waals surface area contributed by atoms with E-state index in [1.54, 1.807) is 0 Å². The molecule has 2 aromatic rings. The van der Waals surface area contributed by atoms with Gasteiger partial charge in [0.2, 0.25) is 0 Å². The molecule has 0 spiro atoms. The van der Waals surface area contributed by atoms with Gasteiger partial charge in [0.05, 0.1) is 11.7 Å². The monoisotopic (exact) mass is 271 g/mol. The number of carbonyl (C=O) groups excluding carboxylic acids is 1. The summed E-state index contributed by atoms with van der Waals surface area (Å²) < 4.78 is 37.9. The molecule has 19 heavy (non-hydrogen) atoms. The topological polar surface area (TPSA) is 77.9 Å². The van der Waals surface area contributed by atoms with E-state index in [0.29, 0.717) is 10.7 Å². The maximum Gasteiger partial charge on any atom is 0.432 e. The van der Waals surface area contributed by atoms with Crippen LogP contribution in [0.2, 0.25) is 0 Å². The van der Waals surface area contributed by atoms with Gasteiger partial charge in [-0.1, -0.05) is 12.1 Å². The average Bonchev–Trinajstić information content (AvgIpc) is 2.71. The van der Waals surface area contributed by atoms with Crippen molar-refractivity contribution in [2.75, 3.05) is 0 Å². The van der Waals surface area contributed by atoms with E-state index in [1.807, 2.05) is 5.10 Å². The lowest BCUT2D eigenvalue weighted by molar-refractivity contribution is -0.255. The molecule has 0 atom stereocenters. The first-order valence-corrected chi connectivity index (χ1v) is 5.00. The van der Waals surface area contributed by atoms with Gasteiger partial charge in [0.25, 0.3) is 5.56 Å². The molecule has 0 amide bonds. The molecule has 2 rings (SSSR count). The van der Waals surface area contributed by atoms with Gasteiger partial charge in [0.1, 0.15) is 5.69 Å². The third-order valence-electron chi connectivity index (χ3n) is 2.37. The first-order valence-electron chi connectivity index (χ1n) is 5.00. The first kappa shape index (κ1) is 12.9. The molecule has 1 aromatic heterocycles. The number of aromatic amines is 1. The van der Waals surface area contributed by atoms with Crippen LogP contribution in [0.3, 0.4) is 0 Å². The molecule has 100 valence electrons. The van der Waals surface area contributed by atoms with Crippen molar-refractivity contribution in [1.82, 2.24) is 9.78 Å². The minimum Gasteiger partial charge on any atom is -0.545 e. The van der Waals surface area contributed by atoms with Crippen LogP contribution in [0.5, 0.6) is 0 Å². The molecule has 0 fully saturated rings. The van der Waals surface area contributed by atoms with Crippen molar-refractivity contribution in [3.8, 4) is 5.69 Å². The Balaban J connectivity index is 2.54. The van der Waals surface area contributed by atoms with Crippen molar-refractivity contribution < 1.29 is 23.1 Å². The number of nitrogens with zero attached hydrogens (tertiary/aromatic N) is 1. The largest absolute Gasteiger partial charge is 0.545 e. The molecule has 1 aromatic carbocycles. The zero-order valence-electron chi connectivity index (χ0n) is 9.19. The number of halogens is 3. The Labute approximate surface area is 103 Å². The number of H-pyrrole nitrogens is 1. The predicted molar refractivity (Wildman–Crippen MR) is 55.7 cm³/mol. The number of nitrogens with one attached hydrogen (secondary N) is 1. The van der Waals surface area contributed by atoms with Crippen LogP contribution in [-0.4, -0.2) is 15.7 Å². The summed E-state index contributed by atoms with van der Waals surface area (Å²) in [5.74, 6) is -1.49. The zero-order valence-corrected chi connectivity index (χ0v) is 9.19. The van der Waals surface area contributed by atoms with Crippen LogP contribution in [-0.2, 0) is 6.18 Å². The predicted octanol–water partition coefficient (Wildman–Crippen LogP) is 0.548. The first-order chi connectivity index (χ1) is 8.79. The van der Waals surface area contributed by atoms with E-state index < -0.39 is 23.4 Å². The van der Waals surface area contributed by atoms with E-state index in [2.05, 4.69) is 0 Å².